The Balaban J connectivity index is 1.57. The van der Waals surface area contributed by atoms with Crippen molar-refractivity contribution in [3.05, 3.63) is 60.4 Å². The zero-order valence-corrected chi connectivity index (χ0v) is 15.1. The Bertz CT molecular complexity index is 1080. The number of pyridine rings is 2. The van der Waals surface area contributed by atoms with E-state index in [0.717, 1.165) is 53.9 Å². The molecule has 0 saturated carbocycles. The number of piperidine rings is 1. The normalized spacial score (nSPS) is 15.4. The Labute approximate surface area is 157 Å². The second-order valence-corrected chi connectivity index (χ2v) is 7.03. The largest absolute Gasteiger partial charge is 0.353 e. The Kier molecular flexibility index (Phi) is 4.18. The molecule has 4 aromatic rings. The maximum Gasteiger partial charge on any atom is 0.205 e. The van der Waals surface area contributed by atoms with Crippen molar-refractivity contribution in [2.75, 3.05) is 18.4 Å². The highest BCUT2D eigenvalue weighted by molar-refractivity contribution is 5.82. The van der Waals surface area contributed by atoms with Crippen LogP contribution in [0.1, 0.15) is 18.4 Å². The van der Waals surface area contributed by atoms with Crippen molar-refractivity contribution in [3.63, 3.8) is 0 Å². The molecule has 27 heavy (non-hydrogen) atoms. The van der Waals surface area contributed by atoms with Crippen molar-refractivity contribution in [3.8, 4) is 0 Å². The van der Waals surface area contributed by atoms with Gasteiger partial charge in [-0.2, -0.15) is 0 Å². The topological polar surface area (TPSA) is 67.7 Å². The molecule has 0 bridgehead atoms. The van der Waals surface area contributed by atoms with Crippen LogP contribution < -0.4 is 10.6 Å². The van der Waals surface area contributed by atoms with E-state index < -0.39 is 0 Å². The van der Waals surface area contributed by atoms with Crippen LogP contribution in [0.3, 0.4) is 0 Å². The van der Waals surface area contributed by atoms with Gasteiger partial charge in [-0.15, -0.1) is 0 Å². The first-order valence-electron chi connectivity index (χ1n) is 9.49. The van der Waals surface area contributed by atoms with E-state index in [9.17, 15) is 0 Å². The van der Waals surface area contributed by atoms with Crippen LogP contribution in [0.15, 0.2) is 54.9 Å². The lowest BCUT2D eigenvalue weighted by Crippen LogP contribution is -2.36. The summed E-state index contributed by atoms with van der Waals surface area (Å²) in [6.07, 6.45) is 5.89. The number of rotatable bonds is 4. The highest BCUT2D eigenvalue weighted by Crippen LogP contribution is 2.24. The first-order chi connectivity index (χ1) is 13.4. The summed E-state index contributed by atoms with van der Waals surface area (Å²) < 4.78 is 2.18. The zero-order chi connectivity index (χ0) is 18.1. The molecule has 6 heteroatoms. The summed E-state index contributed by atoms with van der Waals surface area (Å²) in [7, 11) is 0. The molecule has 0 aliphatic carbocycles. The molecule has 4 heterocycles. The Morgan fingerprint density at radius 1 is 1.00 bits per heavy atom. The number of nitrogens with zero attached hydrogens (tertiary/aromatic N) is 4. The third-order valence-corrected chi connectivity index (χ3v) is 5.22. The van der Waals surface area contributed by atoms with Crippen LogP contribution in [0.4, 0.5) is 5.95 Å². The van der Waals surface area contributed by atoms with Crippen molar-refractivity contribution < 1.29 is 0 Å². The third kappa shape index (κ3) is 3.13. The van der Waals surface area contributed by atoms with Crippen molar-refractivity contribution in [2.45, 2.75) is 25.4 Å². The summed E-state index contributed by atoms with van der Waals surface area (Å²) in [5.74, 6) is 0.892. The predicted molar refractivity (Wildman–Crippen MR) is 108 cm³/mol. The Hall–Kier alpha value is -2.99. The lowest BCUT2D eigenvalue weighted by Gasteiger charge is -2.24. The fourth-order valence-electron chi connectivity index (χ4n) is 3.83. The second-order valence-electron chi connectivity index (χ2n) is 7.03. The minimum atomic E-state index is 0.437. The second kappa shape index (κ2) is 6.96. The number of benzene rings is 1. The fraction of sp³-hybridized carbons (Fsp3) is 0.286. The molecule has 1 aliphatic heterocycles. The van der Waals surface area contributed by atoms with Gasteiger partial charge in [0.2, 0.25) is 5.95 Å². The van der Waals surface area contributed by atoms with E-state index in [1.165, 1.54) is 5.56 Å². The molecule has 0 unspecified atom stereocenters. The number of aromatic nitrogens is 4. The average Bonchev–Trinajstić information content (AvgIpc) is 3.06. The van der Waals surface area contributed by atoms with Gasteiger partial charge in [-0.3, -0.25) is 9.55 Å². The van der Waals surface area contributed by atoms with Crippen LogP contribution in [-0.4, -0.2) is 38.7 Å². The third-order valence-electron chi connectivity index (χ3n) is 5.22. The van der Waals surface area contributed by atoms with Crippen molar-refractivity contribution >= 4 is 28.0 Å². The number of anilines is 1. The fourth-order valence-corrected chi connectivity index (χ4v) is 3.83. The van der Waals surface area contributed by atoms with Crippen LogP contribution >= 0.6 is 0 Å². The molecular formula is C21H22N6. The first-order valence-corrected chi connectivity index (χ1v) is 9.49. The molecule has 0 radical (unpaired) electrons. The molecule has 136 valence electrons. The molecular weight excluding hydrogens is 336 g/mol. The van der Waals surface area contributed by atoms with E-state index in [0.29, 0.717) is 12.6 Å². The van der Waals surface area contributed by atoms with Gasteiger partial charge < -0.3 is 10.6 Å². The summed E-state index contributed by atoms with van der Waals surface area (Å²) in [4.78, 5) is 14.0. The quantitative estimate of drug-likeness (QED) is 0.586. The van der Waals surface area contributed by atoms with Gasteiger partial charge in [0, 0.05) is 23.8 Å². The maximum absolute atomic E-state index is 4.83. The summed E-state index contributed by atoms with van der Waals surface area (Å²) >= 11 is 0. The summed E-state index contributed by atoms with van der Waals surface area (Å²) in [5, 5.41) is 8.23. The lowest BCUT2D eigenvalue weighted by atomic mass is 10.1. The predicted octanol–water partition coefficient (Wildman–Crippen LogP) is 3.19. The SMILES string of the molecule is c1cnc2c(Cn3c(NC4CCNCC4)nc4cccnc43)cccc2c1. The van der Waals surface area contributed by atoms with Gasteiger partial charge in [0.1, 0.15) is 5.52 Å². The van der Waals surface area contributed by atoms with Gasteiger partial charge in [-0.25, -0.2) is 9.97 Å². The number of imidazole rings is 1. The van der Waals surface area contributed by atoms with Gasteiger partial charge in [0.05, 0.1) is 12.1 Å². The van der Waals surface area contributed by atoms with E-state index in [4.69, 9.17) is 4.98 Å². The first kappa shape index (κ1) is 16.2. The van der Waals surface area contributed by atoms with Crippen LogP contribution in [0.2, 0.25) is 0 Å². The molecule has 6 nitrogen and oxygen atoms in total. The number of hydrogen-bond donors (Lipinski definition) is 2. The van der Waals surface area contributed by atoms with Gasteiger partial charge in [0.25, 0.3) is 0 Å². The van der Waals surface area contributed by atoms with Crippen LogP contribution in [0.25, 0.3) is 22.1 Å². The van der Waals surface area contributed by atoms with Gasteiger partial charge in [-0.1, -0.05) is 24.3 Å². The van der Waals surface area contributed by atoms with Crippen molar-refractivity contribution in [2.24, 2.45) is 0 Å². The molecule has 5 rings (SSSR count). The molecule has 1 aliphatic rings. The number of para-hydroxylation sites is 1. The van der Waals surface area contributed by atoms with Crippen molar-refractivity contribution in [1.29, 1.82) is 0 Å². The Morgan fingerprint density at radius 2 is 1.81 bits per heavy atom. The van der Waals surface area contributed by atoms with E-state index in [2.05, 4.69) is 49.4 Å². The highest BCUT2D eigenvalue weighted by Gasteiger charge is 2.18. The molecule has 0 amide bonds. The van der Waals surface area contributed by atoms with E-state index in [-0.39, 0.29) is 0 Å². The number of fused-ring (bicyclic) bond motifs is 2. The van der Waals surface area contributed by atoms with E-state index in [1.807, 2.05) is 30.6 Å². The van der Waals surface area contributed by atoms with Gasteiger partial charge in [0.15, 0.2) is 5.65 Å². The van der Waals surface area contributed by atoms with Crippen LogP contribution in [0, 0.1) is 0 Å². The monoisotopic (exact) mass is 358 g/mol. The van der Waals surface area contributed by atoms with Gasteiger partial charge >= 0.3 is 0 Å². The summed E-state index contributed by atoms with van der Waals surface area (Å²) in [6.45, 7) is 2.78. The minimum Gasteiger partial charge on any atom is -0.353 e. The lowest BCUT2D eigenvalue weighted by molar-refractivity contribution is 0.476. The zero-order valence-electron chi connectivity index (χ0n) is 15.1. The smallest absolute Gasteiger partial charge is 0.205 e. The van der Waals surface area contributed by atoms with E-state index in [1.54, 1.807) is 0 Å². The summed E-state index contributed by atoms with van der Waals surface area (Å²) in [6, 6.07) is 14.8. The number of nitrogens with one attached hydrogen (secondary N) is 2. The van der Waals surface area contributed by atoms with Crippen LogP contribution in [0.5, 0.6) is 0 Å². The summed E-state index contributed by atoms with van der Waals surface area (Å²) in [5.41, 5.74) is 4.03. The minimum absolute atomic E-state index is 0.437. The maximum atomic E-state index is 4.83. The average molecular weight is 358 g/mol. The standard InChI is InChI=1S/C21H22N6/c1-4-15-6-2-10-23-19(15)16(5-1)14-27-20-18(7-3-11-24-20)26-21(27)25-17-8-12-22-13-9-17/h1-7,10-11,17,22H,8-9,12-14H2,(H,25,26). The Morgan fingerprint density at radius 3 is 2.74 bits per heavy atom. The van der Waals surface area contributed by atoms with Gasteiger partial charge in [-0.05, 0) is 49.7 Å². The molecule has 0 atom stereocenters. The molecule has 0 spiro atoms. The molecule has 2 N–H and O–H groups in total. The molecule has 1 fully saturated rings. The molecule has 1 aromatic carbocycles. The number of hydrogen-bond acceptors (Lipinski definition) is 5. The van der Waals surface area contributed by atoms with Crippen LogP contribution in [-0.2, 0) is 6.54 Å². The van der Waals surface area contributed by atoms with Crippen molar-refractivity contribution in [1.82, 2.24) is 24.8 Å². The highest BCUT2D eigenvalue weighted by atomic mass is 15.2. The molecule has 1 saturated heterocycles. The molecule has 3 aromatic heterocycles. The van der Waals surface area contributed by atoms with E-state index >= 15 is 0 Å².